The lowest BCUT2D eigenvalue weighted by molar-refractivity contribution is -0.130. The molecule has 0 saturated heterocycles. The smallest absolute Gasteiger partial charge is 0.251 e. The minimum absolute atomic E-state index is 0.0622. The third-order valence-electron chi connectivity index (χ3n) is 8.03. The summed E-state index contributed by atoms with van der Waals surface area (Å²) in [6.45, 7) is 0.407. The molecule has 0 fully saturated rings. The Kier molecular flexibility index (Phi) is 9.82. The summed E-state index contributed by atoms with van der Waals surface area (Å²) in [7, 11) is 0. The number of hydrogen-bond donors (Lipinski definition) is 4. The number of hydrogen-bond acceptors (Lipinski definition) is 6. The van der Waals surface area contributed by atoms with Crippen molar-refractivity contribution in [3.8, 4) is 5.75 Å². The van der Waals surface area contributed by atoms with Crippen LogP contribution in [0.1, 0.15) is 51.2 Å². The molecule has 2 atom stereocenters. The molecule has 10 nitrogen and oxygen atoms in total. The number of benzene rings is 4. The SMILES string of the molecule is O=C(C[C@@H](Cc1c[nH]c2ccccc12)n1cc(C(Cc2ccc(OCc3ccccc3)cc2)NC(=O)c2ccc(F)c(F)c2)nn1)NO. The Hall–Kier alpha value is -5.88. The van der Waals surface area contributed by atoms with Gasteiger partial charge in [-0.15, -0.1) is 5.10 Å². The second kappa shape index (κ2) is 14.7. The number of nitrogens with one attached hydrogen (secondary N) is 3. The summed E-state index contributed by atoms with van der Waals surface area (Å²) in [4.78, 5) is 28.8. The molecule has 6 rings (SSSR count). The van der Waals surface area contributed by atoms with E-state index in [1.165, 1.54) is 10.7 Å². The van der Waals surface area contributed by atoms with E-state index < -0.39 is 35.5 Å². The van der Waals surface area contributed by atoms with Crippen molar-refractivity contribution < 1.29 is 28.3 Å². The molecule has 2 aromatic heterocycles. The lowest BCUT2D eigenvalue weighted by atomic mass is 10.0. The number of carbonyl (C=O) groups excluding carboxylic acids is 2. The predicted octanol–water partition coefficient (Wildman–Crippen LogP) is 6.01. The molecule has 4 N–H and O–H groups in total. The largest absolute Gasteiger partial charge is 0.489 e. The predicted molar refractivity (Wildman–Crippen MR) is 173 cm³/mol. The molecular formula is C36H32F2N6O4. The molecule has 0 saturated carbocycles. The number of amides is 2. The van der Waals surface area contributed by atoms with Gasteiger partial charge in [0.1, 0.15) is 18.1 Å². The van der Waals surface area contributed by atoms with Crippen LogP contribution in [0, 0.1) is 11.6 Å². The Morgan fingerprint density at radius 3 is 2.44 bits per heavy atom. The molecule has 0 aliphatic heterocycles. The lowest BCUT2D eigenvalue weighted by Crippen LogP contribution is -2.30. The van der Waals surface area contributed by atoms with Gasteiger partial charge in [0.05, 0.1) is 24.7 Å². The van der Waals surface area contributed by atoms with Crippen molar-refractivity contribution in [2.75, 3.05) is 0 Å². The highest BCUT2D eigenvalue weighted by molar-refractivity contribution is 5.94. The van der Waals surface area contributed by atoms with Crippen LogP contribution in [0.15, 0.2) is 109 Å². The van der Waals surface area contributed by atoms with E-state index in [2.05, 4.69) is 20.6 Å². The second-order valence-electron chi connectivity index (χ2n) is 11.4. The molecule has 1 unspecified atom stereocenters. The maximum atomic E-state index is 14.0. The molecular weight excluding hydrogens is 618 g/mol. The molecule has 2 heterocycles. The zero-order valence-electron chi connectivity index (χ0n) is 25.6. The van der Waals surface area contributed by atoms with Crippen molar-refractivity contribution in [1.82, 2.24) is 30.8 Å². The van der Waals surface area contributed by atoms with E-state index in [9.17, 15) is 23.6 Å². The third-order valence-corrected chi connectivity index (χ3v) is 8.03. The lowest BCUT2D eigenvalue weighted by Gasteiger charge is -2.18. The second-order valence-corrected chi connectivity index (χ2v) is 11.4. The van der Waals surface area contributed by atoms with Crippen LogP contribution in [0.2, 0.25) is 0 Å². The highest BCUT2D eigenvalue weighted by Gasteiger charge is 2.24. The van der Waals surface area contributed by atoms with E-state index in [1.807, 2.05) is 85.1 Å². The molecule has 244 valence electrons. The quantitative estimate of drug-likeness (QED) is 0.0894. The Morgan fingerprint density at radius 1 is 0.896 bits per heavy atom. The topological polar surface area (TPSA) is 134 Å². The normalized spacial score (nSPS) is 12.4. The summed E-state index contributed by atoms with van der Waals surface area (Å²) in [5.41, 5.74) is 5.75. The number of H-pyrrole nitrogens is 1. The fourth-order valence-electron chi connectivity index (χ4n) is 5.51. The molecule has 0 bridgehead atoms. The summed E-state index contributed by atoms with van der Waals surface area (Å²) in [6, 6.07) is 26.6. The average molecular weight is 651 g/mol. The number of nitrogens with zero attached hydrogens (tertiary/aromatic N) is 3. The van der Waals surface area contributed by atoms with Gasteiger partial charge in [0.25, 0.3) is 5.91 Å². The Balaban J connectivity index is 1.25. The first-order valence-corrected chi connectivity index (χ1v) is 15.3. The van der Waals surface area contributed by atoms with Crippen molar-refractivity contribution in [3.05, 3.63) is 149 Å². The highest BCUT2D eigenvalue weighted by atomic mass is 19.2. The zero-order valence-corrected chi connectivity index (χ0v) is 25.6. The van der Waals surface area contributed by atoms with E-state index in [4.69, 9.17) is 4.74 Å². The summed E-state index contributed by atoms with van der Waals surface area (Å²) < 4.78 is 35.0. The van der Waals surface area contributed by atoms with Gasteiger partial charge in [-0.05, 0) is 65.9 Å². The van der Waals surface area contributed by atoms with Crippen molar-refractivity contribution in [1.29, 1.82) is 0 Å². The maximum Gasteiger partial charge on any atom is 0.251 e. The molecule has 0 aliphatic rings. The minimum Gasteiger partial charge on any atom is -0.489 e. The van der Waals surface area contributed by atoms with E-state index >= 15 is 0 Å². The fraction of sp³-hybridized carbons (Fsp3) is 0.167. The van der Waals surface area contributed by atoms with Crippen LogP contribution in [0.4, 0.5) is 8.78 Å². The van der Waals surface area contributed by atoms with Crippen molar-refractivity contribution >= 4 is 22.7 Å². The molecule has 0 radical (unpaired) electrons. The Morgan fingerprint density at radius 2 is 1.67 bits per heavy atom. The van der Waals surface area contributed by atoms with Crippen LogP contribution in [0.5, 0.6) is 5.75 Å². The van der Waals surface area contributed by atoms with Gasteiger partial charge in [0.2, 0.25) is 5.91 Å². The summed E-state index contributed by atoms with van der Waals surface area (Å²) in [5.74, 6) is -2.77. The number of aromatic amines is 1. The van der Waals surface area contributed by atoms with Gasteiger partial charge in [-0.25, -0.2) is 18.9 Å². The maximum absolute atomic E-state index is 14.0. The number of fused-ring (bicyclic) bond motifs is 1. The van der Waals surface area contributed by atoms with E-state index in [1.54, 1.807) is 11.7 Å². The molecule has 0 aliphatic carbocycles. The fourth-order valence-corrected chi connectivity index (χ4v) is 5.51. The van der Waals surface area contributed by atoms with E-state index in [0.29, 0.717) is 24.5 Å². The number of para-hydroxylation sites is 1. The number of ether oxygens (including phenoxy) is 1. The summed E-state index contributed by atoms with van der Waals surface area (Å²) >= 11 is 0. The first-order chi connectivity index (χ1) is 23.4. The van der Waals surface area contributed by atoms with E-state index in [0.717, 1.165) is 39.7 Å². The van der Waals surface area contributed by atoms with Crippen LogP contribution in [-0.2, 0) is 24.2 Å². The van der Waals surface area contributed by atoms with Crippen LogP contribution in [0.3, 0.4) is 0 Å². The van der Waals surface area contributed by atoms with Gasteiger partial charge in [-0.1, -0.05) is 65.9 Å². The highest BCUT2D eigenvalue weighted by Crippen LogP contribution is 2.26. The van der Waals surface area contributed by atoms with Gasteiger partial charge in [-0.2, -0.15) is 0 Å². The number of rotatable bonds is 13. The van der Waals surface area contributed by atoms with Gasteiger partial charge in [-0.3, -0.25) is 14.8 Å². The van der Waals surface area contributed by atoms with Gasteiger partial charge in [0.15, 0.2) is 11.6 Å². The molecule has 2 amide bonds. The Labute approximate surface area is 274 Å². The monoisotopic (exact) mass is 650 g/mol. The number of carbonyl (C=O) groups is 2. The van der Waals surface area contributed by atoms with Crippen molar-refractivity contribution in [2.45, 2.75) is 38.0 Å². The number of aromatic nitrogens is 4. The molecule has 6 aromatic rings. The van der Waals surface area contributed by atoms with E-state index in [-0.39, 0.29) is 18.4 Å². The van der Waals surface area contributed by atoms with Crippen LogP contribution < -0.4 is 15.5 Å². The Bertz CT molecular complexity index is 2010. The minimum atomic E-state index is -1.14. The van der Waals surface area contributed by atoms with Crippen molar-refractivity contribution in [2.24, 2.45) is 0 Å². The van der Waals surface area contributed by atoms with Crippen LogP contribution in [0.25, 0.3) is 10.9 Å². The summed E-state index contributed by atoms with van der Waals surface area (Å²) in [6.07, 6.45) is 4.06. The number of halogens is 2. The third kappa shape index (κ3) is 7.73. The molecule has 4 aromatic carbocycles. The summed E-state index contributed by atoms with van der Waals surface area (Å²) in [5, 5.41) is 21.8. The van der Waals surface area contributed by atoms with Gasteiger partial charge >= 0.3 is 0 Å². The first-order valence-electron chi connectivity index (χ1n) is 15.3. The van der Waals surface area contributed by atoms with Gasteiger partial charge < -0.3 is 15.0 Å². The standard InChI is InChI=1S/C36H32F2N6O4/c37-30-15-12-25(18-31(30)38)36(46)40-33(16-23-10-13-28(14-11-23)48-22-24-6-2-1-3-7-24)34-21-44(43-41-34)27(19-35(45)42-47)17-26-20-39-32-9-5-4-8-29(26)32/h1-15,18,20-21,27,33,39,47H,16-17,19,22H2,(H,40,46)(H,42,45)/t27-,33?/m1/s1. The van der Waals surface area contributed by atoms with Gasteiger partial charge in [0, 0.05) is 22.7 Å². The molecule has 12 heteroatoms. The van der Waals surface area contributed by atoms with Crippen LogP contribution >= 0.6 is 0 Å². The van der Waals surface area contributed by atoms with Crippen molar-refractivity contribution in [3.63, 3.8) is 0 Å². The van der Waals surface area contributed by atoms with Crippen LogP contribution in [-0.4, -0.2) is 37.0 Å². The molecule has 48 heavy (non-hydrogen) atoms. The zero-order chi connectivity index (χ0) is 33.5. The number of hydroxylamine groups is 1. The average Bonchev–Trinajstić information content (AvgIpc) is 3.77. The molecule has 0 spiro atoms. The first kappa shape index (κ1) is 32.1.